The Balaban J connectivity index is 1.30. The second-order valence-corrected chi connectivity index (χ2v) is 12.7. The first-order valence-electron chi connectivity index (χ1n) is 17.1. The van der Waals surface area contributed by atoms with Gasteiger partial charge in [0, 0.05) is 54.9 Å². The molecule has 3 heterocycles. The van der Waals surface area contributed by atoms with Crippen LogP contribution in [0, 0.1) is 0 Å². The Morgan fingerprint density at radius 2 is 0.863 bits per heavy atom. The third-order valence-corrected chi connectivity index (χ3v) is 9.61. The zero-order valence-electron chi connectivity index (χ0n) is 27.5. The maximum atomic E-state index is 5.23. The van der Waals surface area contributed by atoms with Crippen LogP contribution in [0.1, 0.15) is 0 Å². The molecule has 0 saturated carbocycles. The van der Waals surface area contributed by atoms with Gasteiger partial charge < -0.3 is 4.57 Å². The standard InChI is InChI=1S/C46H29N5/c1-5-15-30(16-6-1)42-38-28-27-36-35-26-25-33(46-49-44(31-17-7-2-8-18-31)48-45(50-46)32-19-9-3-10-20-32)29-40(35)51(34-21-11-4-12-22-34)43(36)41(38)37-23-13-14-24-39(37)47-42/h1-29H. The summed E-state index contributed by atoms with van der Waals surface area (Å²) in [5, 5.41) is 5.74. The van der Waals surface area contributed by atoms with Gasteiger partial charge in [-0.25, -0.2) is 19.9 Å². The van der Waals surface area contributed by atoms with Gasteiger partial charge in [-0.3, -0.25) is 0 Å². The molecule has 0 saturated heterocycles. The molecule has 5 heteroatoms. The smallest absolute Gasteiger partial charge is 0.164 e. The second kappa shape index (κ2) is 11.9. The third kappa shape index (κ3) is 4.86. The fraction of sp³-hybridized carbons (Fsp3) is 0. The molecule has 10 rings (SSSR count). The fourth-order valence-corrected chi connectivity index (χ4v) is 7.28. The maximum absolute atomic E-state index is 5.23. The number of benzene rings is 7. The molecule has 0 bridgehead atoms. The topological polar surface area (TPSA) is 56.5 Å². The first kappa shape index (κ1) is 29.0. The Kier molecular flexibility index (Phi) is 6.74. The van der Waals surface area contributed by atoms with E-state index in [1.165, 1.54) is 10.8 Å². The highest BCUT2D eigenvalue weighted by atomic mass is 15.0. The van der Waals surface area contributed by atoms with Gasteiger partial charge in [-0.1, -0.05) is 152 Å². The Labute approximate surface area is 294 Å². The molecule has 0 aliphatic rings. The molecule has 10 aromatic rings. The molecule has 51 heavy (non-hydrogen) atoms. The van der Waals surface area contributed by atoms with Crippen molar-refractivity contribution in [2.24, 2.45) is 0 Å². The van der Waals surface area contributed by atoms with Gasteiger partial charge in [0.05, 0.1) is 22.2 Å². The Morgan fingerprint density at radius 3 is 1.51 bits per heavy atom. The number of pyridine rings is 1. The molecule has 0 radical (unpaired) electrons. The van der Waals surface area contributed by atoms with Crippen molar-refractivity contribution in [1.29, 1.82) is 0 Å². The molecule has 0 spiro atoms. The van der Waals surface area contributed by atoms with Crippen LogP contribution in [0.25, 0.3) is 94.6 Å². The van der Waals surface area contributed by atoms with E-state index in [-0.39, 0.29) is 0 Å². The SMILES string of the molecule is c1ccc(-c2nc(-c3ccccc3)nc(-c3ccc4c5ccc6c(-c7ccccc7)nc7ccccc7c6c5n(-c5ccccc5)c4c3)n2)cc1. The van der Waals surface area contributed by atoms with Crippen molar-refractivity contribution in [1.82, 2.24) is 24.5 Å². The molecule has 5 nitrogen and oxygen atoms in total. The van der Waals surface area contributed by atoms with Gasteiger partial charge in [0.2, 0.25) is 0 Å². The lowest BCUT2D eigenvalue weighted by Crippen LogP contribution is -2.00. The predicted molar refractivity (Wildman–Crippen MR) is 209 cm³/mol. The first-order chi connectivity index (χ1) is 25.3. The zero-order valence-corrected chi connectivity index (χ0v) is 27.5. The lowest BCUT2D eigenvalue weighted by atomic mass is 9.97. The molecule has 0 atom stereocenters. The lowest BCUT2D eigenvalue weighted by molar-refractivity contribution is 1.07. The van der Waals surface area contributed by atoms with Crippen LogP contribution in [0.3, 0.4) is 0 Å². The van der Waals surface area contributed by atoms with Crippen molar-refractivity contribution in [3.8, 4) is 51.1 Å². The molecule has 3 aromatic heterocycles. The van der Waals surface area contributed by atoms with Crippen LogP contribution in [-0.2, 0) is 0 Å². The summed E-state index contributed by atoms with van der Waals surface area (Å²) >= 11 is 0. The molecule has 0 fully saturated rings. The molecule has 0 N–H and O–H groups in total. The van der Waals surface area contributed by atoms with Crippen molar-refractivity contribution in [3.05, 3.63) is 176 Å². The van der Waals surface area contributed by atoms with Crippen LogP contribution in [0.5, 0.6) is 0 Å². The highest BCUT2D eigenvalue weighted by Crippen LogP contribution is 2.42. The molecule has 0 aliphatic carbocycles. The highest BCUT2D eigenvalue weighted by molar-refractivity contribution is 6.27. The van der Waals surface area contributed by atoms with Gasteiger partial charge in [0.25, 0.3) is 0 Å². The summed E-state index contributed by atoms with van der Waals surface area (Å²) in [6.45, 7) is 0. The summed E-state index contributed by atoms with van der Waals surface area (Å²) < 4.78 is 2.40. The first-order valence-corrected chi connectivity index (χ1v) is 17.1. The van der Waals surface area contributed by atoms with Gasteiger partial charge in [-0.2, -0.15) is 0 Å². The van der Waals surface area contributed by atoms with E-state index in [9.17, 15) is 0 Å². The summed E-state index contributed by atoms with van der Waals surface area (Å²) in [5.74, 6) is 1.91. The number of fused-ring (bicyclic) bond motifs is 7. The maximum Gasteiger partial charge on any atom is 0.164 e. The quantitative estimate of drug-likeness (QED) is 0.174. The Hall–Kier alpha value is -6.98. The monoisotopic (exact) mass is 651 g/mol. The minimum atomic E-state index is 0.625. The van der Waals surface area contributed by atoms with Crippen molar-refractivity contribution in [2.45, 2.75) is 0 Å². The summed E-state index contributed by atoms with van der Waals surface area (Å²) in [7, 11) is 0. The summed E-state index contributed by atoms with van der Waals surface area (Å²) in [5.41, 5.74) is 9.14. The molecule has 0 amide bonds. The van der Waals surface area contributed by atoms with E-state index in [0.29, 0.717) is 17.5 Å². The van der Waals surface area contributed by atoms with E-state index < -0.39 is 0 Å². The van der Waals surface area contributed by atoms with Gasteiger partial charge in [-0.15, -0.1) is 0 Å². The minimum Gasteiger partial charge on any atom is -0.309 e. The van der Waals surface area contributed by atoms with Crippen molar-refractivity contribution in [3.63, 3.8) is 0 Å². The fourth-order valence-electron chi connectivity index (χ4n) is 7.28. The van der Waals surface area contributed by atoms with Gasteiger partial charge in [0.15, 0.2) is 17.5 Å². The van der Waals surface area contributed by atoms with Crippen LogP contribution in [0.2, 0.25) is 0 Å². The molecule has 7 aromatic carbocycles. The number of hydrogen-bond acceptors (Lipinski definition) is 4. The largest absolute Gasteiger partial charge is 0.309 e. The Bertz CT molecular complexity index is 2830. The van der Waals surface area contributed by atoms with E-state index in [1.54, 1.807) is 0 Å². The minimum absolute atomic E-state index is 0.625. The van der Waals surface area contributed by atoms with Crippen LogP contribution in [0.15, 0.2) is 176 Å². The van der Waals surface area contributed by atoms with Crippen LogP contribution >= 0.6 is 0 Å². The van der Waals surface area contributed by atoms with E-state index in [1.807, 2.05) is 66.7 Å². The van der Waals surface area contributed by atoms with Crippen molar-refractivity contribution >= 4 is 43.5 Å². The summed E-state index contributed by atoms with van der Waals surface area (Å²) in [6.07, 6.45) is 0. The number of hydrogen-bond donors (Lipinski definition) is 0. The number of para-hydroxylation sites is 2. The predicted octanol–water partition coefficient (Wildman–Crippen LogP) is 11.3. The average Bonchev–Trinajstić information content (AvgIpc) is 3.55. The van der Waals surface area contributed by atoms with Crippen molar-refractivity contribution < 1.29 is 0 Å². The van der Waals surface area contributed by atoms with Crippen molar-refractivity contribution in [2.75, 3.05) is 0 Å². The normalized spacial score (nSPS) is 11.5. The van der Waals surface area contributed by atoms with Crippen LogP contribution in [-0.4, -0.2) is 24.5 Å². The van der Waals surface area contributed by atoms with Gasteiger partial charge >= 0.3 is 0 Å². The molecule has 238 valence electrons. The van der Waals surface area contributed by atoms with Crippen LogP contribution < -0.4 is 0 Å². The van der Waals surface area contributed by atoms with E-state index in [4.69, 9.17) is 19.9 Å². The molecule has 0 aliphatic heterocycles. The third-order valence-electron chi connectivity index (χ3n) is 9.61. The number of nitrogens with zero attached hydrogens (tertiary/aromatic N) is 5. The second-order valence-electron chi connectivity index (χ2n) is 12.7. The highest BCUT2D eigenvalue weighted by Gasteiger charge is 2.21. The average molecular weight is 652 g/mol. The van der Waals surface area contributed by atoms with Crippen LogP contribution in [0.4, 0.5) is 0 Å². The molecule has 0 unspecified atom stereocenters. The van der Waals surface area contributed by atoms with Gasteiger partial charge in [0.1, 0.15) is 0 Å². The molecular weight excluding hydrogens is 623 g/mol. The lowest BCUT2D eigenvalue weighted by Gasteiger charge is -2.14. The molecular formula is C46H29N5. The zero-order chi connectivity index (χ0) is 33.7. The number of rotatable bonds is 5. The van der Waals surface area contributed by atoms with E-state index in [0.717, 1.165) is 66.3 Å². The summed E-state index contributed by atoms with van der Waals surface area (Å²) in [4.78, 5) is 20.3. The van der Waals surface area contributed by atoms with Gasteiger partial charge in [-0.05, 0) is 24.3 Å². The summed E-state index contributed by atoms with van der Waals surface area (Å²) in [6, 6.07) is 60.9. The van der Waals surface area contributed by atoms with E-state index in [2.05, 4.69) is 114 Å². The Morgan fingerprint density at radius 1 is 0.353 bits per heavy atom. The van der Waals surface area contributed by atoms with E-state index >= 15 is 0 Å². The number of aromatic nitrogens is 5.